The third kappa shape index (κ3) is 1.74. The summed E-state index contributed by atoms with van der Waals surface area (Å²) in [7, 11) is 0. The van der Waals surface area contributed by atoms with Crippen molar-refractivity contribution in [2.75, 3.05) is 18.6 Å². The summed E-state index contributed by atoms with van der Waals surface area (Å²) in [5, 5.41) is 3.13. The predicted octanol–water partition coefficient (Wildman–Crippen LogP) is 0.454. The van der Waals surface area contributed by atoms with Crippen LogP contribution in [0.25, 0.3) is 0 Å². The molecule has 0 aliphatic carbocycles. The van der Waals surface area contributed by atoms with E-state index in [9.17, 15) is 0 Å². The highest BCUT2D eigenvalue weighted by Gasteiger charge is 2.11. The van der Waals surface area contributed by atoms with Crippen LogP contribution in [0, 0.1) is 0 Å². The van der Waals surface area contributed by atoms with Gasteiger partial charge in [0, 0.05) is 12.1 Å². The van der Waals surface area contributed by atoms with Crippen molar-refractivity contribution >= 4 is 5.69 Å². The van der Waals surface area contributed by atoms with Gasteiger partial charge in [0.05, 0.1) is 13.3 Å². The number of hydrogen-bond donors (Lipinski definition) is 3. The van der Waals surface area contributed by atoms with Crippen molar-refractivity contribution in [3.8, 4) is 5.75 Å². The first-order chi connectivity index (χ1) is 6.40. The Kier molecular flexibility index (Phi) is 2.33. The van der Waals surface area contributed by atoms with Gasteiger partial charge in [-0.2, -0.15) is 0 Å². The molecule has 0 saturated carbocycles. The molecule has 0 spiro atoms. The zero-order valence-corrected chi connectivity index (χ0v) is 7.34. The first-order valence-electron chi connectivity index (χ1n) is 4.33. The minimum atomic E-state index is 0.569. The van der Waals surface area contributed by atoms with Gasteiger partial charge in [-0.25, -0.2) is 5.43 Å². The Morgan fingerprint density at radius 1 is 1.46 bits per heavy atom. The number of rotatable bonds is 3. The van der Waals surface area contributed by atoms with E-state index in [-0.39, 0.29) is 0 Å². The van der Waals surface area contributed by atoms with Gasteiger partial charge in [0.1, 0.15) is 5.75 Å². The van der Waals surface area contributed by atoms with Crippen molar-refractivity contribution in [2.24, 2.45) is 5.84 Å². The summed E-state index contributed by atoms with van der Waals surface area (Å²) in [4.78, 5) is 0. The zero-order chi connectivity index (χ0) is 9.10. The monoisotopic (exact) mass is 179 g/mol. The number of nitrogens with two attached hydrogens (primary N) is 1. The molecule has 1 aromatic rings. The fourth-order valence-corrected chi connectivity index (χ4v) is 1.45. The molecule has 0 atom stereocenters. The quantitative estimate of drug-likeness (QED) is 0.358. The highest BCUT2D eigenvalue weighted by atomic mass is 16.5. The summed E-state index contributed by atoms with van der Waals surface area (Å²) in [5.41, 5.74) is 4.88. The molecule has 0 unspecified atom stereocenters. The van der Waals surface area contributed by atoms with E-state index < -0.39 is 0 Å². The maximum Gasteiger partial charge on any atom is 0.122 e. The minimum Gasteiger partial charge on any atom is -0.493 e. The zero-order valence-electron chi connectivity index (χ0n) is 7.34. The molecule has 0 saturated heterocycles. The third-order valence-electron chi connectivity index (χ3n) is 2.08. The second-order valence-corrected chi connectivity index (χ2v) is 2.98. The molecule has 1 aliphatic heterocycles. The van der Waals surface area contributed by atoms with E-state index in [0.717, 1.165) is 24.5 Å². The molecule has 1 aliphatic rings. The Morgan fingerprint density at radius 3 is 3.23 bits per heavy atom. The standard InChI is InChI=1S/C9H13N3O/c10-12-6-11-8-1-2-9-7(5-8)3-4-13-9/h1-2,5,11-12H,3-4,6,10H2. The van der Waals surface area contributed by atoms with Crippen LogP contribution in [-0.2, 0) is 6.42 Å². The summed E-state index contributed by atoms with van der Waals surface area (Å²) < 4.78 is 5.39. The molecular formula is C9H13N3O. The second kappa shape index (κ2) is 3.64. The molecule has 0 aromatic heterocycles. The lowest BCUT2D eigenvalue weighted by Gasteiger charge is -2.06. The molecule has 0 radical (unpaired) electrons. The first-order valence-corrected chi connectivity index (χ1v) is 4.33. The Bertz CT molecular complexity index is 301. The van der Waals surface area contributed by atoms with E-state index in [1.54, 1.807) is 0 Å². The summed E-state index contributed by atoms with van der Waals surface area (Å²) in [6, 6.07) is 6.07. The molecule has 4 heteroatoms. The molecule has 1 heterocycles. The minimum absolute atomic E-state index is 0.569. The fourth-order valence-electron chi connectivity index (χ4n) is 1.45. The van der Waals surface area contributed by atoms with Crippen LogP contribution in [-0.4, -0.2) is 13.3 Å². The van der Waals surface area contributed by atoms with Gasteiger partial charge in [0.2, 0.25) is 0 Å². The van der Waals surface area contributed by atoms with E-state index >= 15 is 0 Å². The molecule has 4 nitrogen and oxygen atoms in total. The maximum absolute atomic E-state index is 5.39. The topological polar surface area (TPSA) is 59.3 Å². The van der Waals surface area contributed by atoms with Gasteiger partial charge in [0.25, 0.3) is 0 Å². The number of hydrogen-bond acceptors (Lipinski definition) is 4. The number of ether oxygens (including phenoxy) is 1. The smallest absolute Gasteiger partial charge is 0.122 e. The average molecular weight is 179 g/mol. The van der Waals surface area contributed by atoms with Gasteiger partial charge in [-0.1, -0.05) is 0 Å². The number of benzene rings is 1. The van der Waals surface area contributed by atoms with Crippen LogP contribution in [0.2, 0.25) is 0 Å². The normalized spacial score (nSPS) is 13.6. The Balaban J connectivity index is 2.12. The number of hydrazine groups is 1. The molecule has 4 N–H and O–H groups in total. The van der Waals surface area contributed by atoms with Crippen molar-refractivity contribution in [3.05, 3.63) is 23.8 Å². The van der Waals surface area contributed by atoms with Crippen LogP contribution in [0.5, 0.6) is 5.75 Å². The van der Waals surface area contributed by atoms with Gasteiger partial charge in [-0.15, -0.1) is 0 Å². The summed E-state index contributed by atoms with van der Waals surface area (Å²) in [6.45, 7) is 1.37. The van der Waals surface area contributed by atoms with E-state index in [0.29, 0.717) is 6.67 Å². The van der Waals surface area contributed by atoms with Crippen molar-refractivity contribution in [3.63, 3.8) is 0 Å². The van der Waals surface area contributed by atoms with Crippen LogP contribution in [0.4, 0.5) is 5.69 Å². The molecule has 0 fully saturated rings. The van der Waals surface area contributed by atoms with Gasteiger partial charge in [-0.3, -0.25) is 5.84 Å². The van der Waals surface area contributed by atoms with Crippen molar-refractivity contribution < 1.29 is 4.74 Å². The SMILES string of the molecule is NNCNc1ccc2c(c1)CCO2. The third-order valence-corrected chi connectivity index (χ3v) is 2.08. The average Bonchev–Trinajstić information content (AvgIpc) is 2.61. The second-order valence-electron chi connectivity index (χ2n) is 2.98. The van der Waals surface area contributed by atoms with Crippen LogP contribution < -0.4 is 21.3 Å². The van der Waals surface area contributed by atoms with E-state index in [1.807, 2.05) is 12.1 Å². The summed E-state index contributed by atoms with van der Waals surface area (Å²) in [6.07, 6.45) is 1.00. The molecule has 1 aromatic carbocycles. The lowest BCUT2D eigenvalue weighted by atomic mass is 10.1. The molecule has 0 bridgehead atoms. The Labute approximate surface area is 77.0 Å². The van der Waals surface area contributed by atoms with Crippen LogP contribution in [0.15, 0.2) is 18.2 Å². The van der Waals surface area contributed by atoms with Crippen LogP contribution >= 0.6 is 0 Å². The highest BCUT2D eigenvalue weighted by molar-refractivity contribution is 5.52. The van der Waals surface area contributed by atoms with E-state index in [1.165, 1.54) is 5.56 Å². The molecule has 13 heavy (non-hydrogen) atoms. The van der Waals surface area contributed by atoms with E-state index in [4.69, 9.17) is 10.6 Å². The Morgan fingerprint density at radius 2 is 2.38 bits per heavy atom. The molecule has 0 amide bonds. The van der Waals surface area contributed by atoms with Crippen molar-refractivity contribution in [1.29, 1.82) is 0 Å². The van der Waals surface area contributed by atoms with Gasteiger partial charge < -0.3 is 10.1 Å². The predicted molar refractivity (Wildman–Crippen MR) is 51.5 cm³/mol. The number of fused-ring (bicyclic) bond motifs is 1. The lowest BCUT2D eigenvalue weighted by Crippen LogP contribution is -2.28. The van der Waals surface area contributed by atoms with Crippen molar-refractivity contribution in [1.82, 2.24) is 5.43 Å². The van der Waals surface area contributed by atoms with Crippen molar-refractivity contribution in [2.45, 2.75) is 6.42 Å². The van der Waals surface area contributed by atoms with Crippen LogP contribution in [0.3, 0.4) is 0 Å². The number of anilines is 1. The van der Waals surface area contributed by atoms with Gasteiger partial charge in [0.15, 0.2) is 0 Å². The summed E-state index contributed by atoms with van der Waals surface area (Å²) in [5.74, 6) is 6.16. The highest BCUT2D eigenvalue weighted by Crippen LogP contribution is 2.27. The lowest BCUT2D eigenvalue weighted by molar-refractivity contribution is 0.357. The molecule has 2 rings (SSSR count). The van der Waals surface area contributed by atoms with Gasteiger partial charge in [-0.05, 0) is 23.8 Å². The largest absolute Gasteiger partial charge is 0.493 e. The van der Waals surface area contributed by atoms with E-state index in [2.05, 4.69) is 16.8 Å². The number of nitrogens with one attached hydrogen (secondary N) is 2. The molecule has 70 valence electrons. The first kappa shape index (κ1) is 8.34. The molecular weight excluding hydrogens is 166 g/mol. The summed E-state index contributed by atoms with van der Waals surface area (Å²) >= 11 is 0. The Hall–Kier alpha value is -1.26. The fraction of sp³-hybridized carbons (Fsp3) is 0.333. The maximum atomic E-state index is 5.39. The van der Waals surface area contributed by atoms with Gasteiger partial charge >= 0.3 is 0 Å². The van der Waals surface area contributed by atoms with Crippen LogP contribution in [0.1, 0.15) is 5.56 Å².